The van der Waals surface area contributed by atoms with E-state index in [2.05, 4.69) is 13.8 Å². The average Bonchev–Trinajstić information content (AvgIpc) is 2.50. The van der Waals surface area contributed by atoms with Gasteiger partial charge in [-0.2, -0.15) is 0 Å². The molecule has 2 aromatic rings. The third-order valence-corrected chi connectivity index (χ3v) is 4.01. The lowest BCUT2D eigenvalue weighted by Gasteiger charge is -2.22. The average molecular weight is 284 g/mol. The van der Waals surface area contributed by atoms with Crippen LogP contribution in [0.1, 0.15) is 37.3 Å². The van der Waals surface area contributed by atoms with Crippen LogP contribution in [0.25, 0.3) is 0 Å². The van der Waals surface area contributed by atoms with E-state index in [9.17, 15) is 9.18 Å². The third kappa shape index (κ3) is 4.01. The maximum Gasteiger partial charge on any atom is 0.144 e. The molecule has 1 nitrogen and oxygen atoms in total. The minimum absolute atomic E-state index is 0.0961. The molecule has 0 saturated carbocycles. The van der Waals surface area contributed by atoms with E-state index >= 15 is 0 Å². The predicted octanol–water partition coefficient (Wildman–Crippen LogP) is 4.77. The van der Waals surface area contributed by atoms with Crippen molar-refractivity contribution in [3.05, 3.63) is 71.5 Å². The SMILES string of the molecule is CCC(C)C(C(=O)Cc1ccc(F)cc1)c1ccccc1. The fourth-order valence-electron chi connectivity index (χ4n) is 2.64. The lowest BCUT2D eigenvalue weighted by atomic mass is 9.80. The molecule has 0 heterocycles. The Labute approximate surface area is 125 Å². The lowest BCUT2D eigenvalue weighted by Crippen LogP contribution is -2.21. The Bertz CT molecular complexity index is 574. The summed E-state index contributed by atoms with van der Waals surface area (Å²) in [7, 11) is 0. The Morgan fingerprint density at radius 3 is 2.24 bits per heavy atom. The van der Waals surface area contributed by atoms with Crippen LogP contribution in [0.5, 0.6) is 0 Å². The van der Waals surface area contributed by atoms with E-state index in [-0.39, 0.29) is 17.5 Å². The highest BCUT2D eigenvalue weighted by atomic mass is 19.1. The van der Waals surface area contributed by atoms with Crippen molar-refractivity contribution in [2.45, 2.75) is 32.6 Å². The number of carbonyl (C=O) groups is 1. The Hall–Kier alpha value is -1.96. The zero-order chi connectivity index (χ0) is 15.2. The molecule has 110 valence electrons. The summed E-state index contributed by atoms with van der Waals surface area (Å²) in [5, 5.41) is 0. The van der Waals surface area contributed by atoms with Gasteiger partial charge in [-0.15, -0.1) is 0 Å². The number of hydrogen-bond acceptors (Lipinski definition) is 1. The molecule has 0 aliphatic rings. The fraction of sp³-hybridized carbons (Fsp3) is 0.316. The van der Waals surface area contributed by atoms with E-state index in [4.69, 9.17) is 0 Å². The second-order valence-electron chi connectivity index (χ2n) is 5.54. The summed E-state index contributed by atoms with van der Waals surface area (Å²) in [6, 6.07) is 16.1. The lowest BCUT2D eigenvalue weighted by molar-refractivity contribution is -0.120. The second kappa shape index (κ2) is 7.16. The van der Waals surface area contributed by atoms with Crippen molar-refractivity contribution < 1.29 is 9.18 Å². The van der Waals surface area contributed by atoms with Gasteiger partial charge in [0.1, 0.15) is 11.6 Å². The van der Waals surface area contributed by atoms with Gasteiger partial charge in [0, 0.05) is 12.3 Å². The maximum absolute atomic E-state index is 12.9. The minimum Gasteiger partial charge on any atom is -0.299 e. The highest BCUT2D eigenvalue weighted by molar-refractivity contribution is 5.87. The van der Waals surface area contributed by atoms with Gasteiger partial charge in [-0.05, 0) is 29.2 Å². The van der Waals surface area contributed by atoms with Crippen LogP contribution >= 0.6 is 0 Å². The second-order valence-corrected chi connectivity index (χ2v) is 5.54. The van der Waals surface area contributed by atoms with E-state index in [1.807, 2.05) is 30.3 Å². The molecule has 0 amide bonds. The van der Waals surface area contributed by atoms with Crippen molar-refractivity contribution >= 4 is 5.78 Å². The Balaban J connectivity index is 2.20. The molecule has 2 heteroatoms. The zero-order valence-electron chi connectivity index (χ0n) is 12.6. The molecule has 0 bridgehead atoms. The molecule has 0 fully saturated rings. The monoisotopic (exact) mass is 284 g/mol. The fourth-order valence-corrected chi connectivity index (χ4v) is 2.64. The Kier molecular flexibility index (Phi) is 5.26. The van der Waals surface area contributed by atoms with E-state index in [0.29, 0.717) is 12.3 Å². The van der Waals surface area contributed by atoms with Crippen LogP contribution in [0.2, 0.25) is 0 Å². The van der Waals surface area contributed by atoms with Crippen LogP contribution in [-0.4, -0.2) is 5.78 Å². The van der Waals surface area contributed by atoms with E-state index < -0.39 is 0 Å². The topological polar surface area (TPSA) is 17.1 Å². The first-order valence-corrected chi connectivity index (χ1v) is 7.44. The first-order chi connectivity index (χ1) is 10.1. The molecule has 0 radical (unpaired) electrons. The number of carbonyl (C=O) groups excluding carboxylic acids is 1. The zero-order valence-corrected chi connectivity index (χ0v) is 12.6. The number of rotatable bonds is 6. The predicted molar refractivity (Wildman–Crippen MR) is 83.7 cm³/mol. The number of hydrogen-bond donors (Lipinski definition) is 0. The first kappa shape index (κ1) is 15.4. The van der Waals surface area contributed by atoms with Crippen LogP contribution < -0.4 is 0 Å². The molecule has 21 heavy (non-hydrogen) atoms. The first-order valence-electron chi connectivity index (χ1n) is 7.44. The van der Waals surface area contributed by atoms with Crippen LogP contribution in [0.4, 0.5) is 4.39 Å². The number of Topliss-reactive ketones (excluding diaryl/α,β-unsaturated/α-hetero) is 1. The minimum atomic E-state index is -0.271. The number of halogens is 1. The maximum atomic E-state index is 12.9. The van der Waals surface area contributed by atoms with Gasteiger partial charge in [-0.3, -0.25) is 4.79 Å². The molecular formula is C19H21FO. The third-order valence-electron chi connectivity index (χ3n) is 4.01. The molecule has 2 aromatic carbocycles. The Morgan fingerprint density at radius 2 is 1.67 bits per heavy atom. The summed E-state index contributed by atoms with van der Waals surface area (Å²) in [6.07, 6.45) is 1.30. The van der Waals surface area contributed by atoms with Crippen molar-refractivity contribution in [1.82, 2.24) is 0 Å². The van der Waals surface area contributed by atoms with Crippen molar-refractivity contribution in [3.8, 4) is 0 Å². The van der Waals surface area contributed by atoms with Crippen LogP contribution in [0, 0.1) is 11.7 Å². The van der Waals surface area contributed by atoms with Gasteiger partial charge in [0.15, 0.2) is 0 Å². The van der Waals surface area contributed by atoms with Gasteiger partial charge in [0.05, 0.1) is 0 Å². The largest absolute Gasteiger partial charge is 0.299 e. The van der Waals surface area contributed by atoms with Crippen LogP contribution in [0.3, 0.4) is 0 Å². The molecule has 2 unspecified atom stereocenters. The molecule has 0 N–H and O–H groups in total. The van der Waals surface area contributed by atoms with Gasteiger partial charge < -0.3 is 0 Å². The summed E-state index contributed by atoms with van der Waals surface area (Å²) >= 11 is 0. The highest BCUT2D eigenvalue weighted by Crippen LogP contribution is 2.29. The highest BCUT2D eigenvalue weighted by Gasteiger charge is 2.25. The van der Waals surface area contributed by atoms with Gasteiger partial charge in [0.25, 0.3) is 0 Å². The van der Waals surface area contributed by atoms with Gasteiger partial charge >= 0.3 is 0 Å². The molecule has 0 aliphatic heterocycles. The quantitative estimate of drug-likeness (QED) is 0.747. The van der Waals surface area contributed by atoms with Crippen molar-refractivity contribution in [2.24, 2.45) is 5.92 Å². The molecule has 0 saturated heterocycles. The number of benzene rings is 2. The molecule has 0 aromatic heterocycles. The summed E-state index contributed by atoms with van der Waals surface area (Å²) in [4.78, 5) is 12.7. The van der Waals surface area contributed by atoms with Crippen molar-refractivity contribution in [3.63, 3.8) is 0 Å². The van der Waals surface area contributed by atoms with Crippen molar-refractivity contribution in [1.29, 1.82) is 0 Å². The van der Waals surface area contributed by atoms with Gasteiger partial charge in [-0.1, -0.05) is 62.7 Å². The summed E-state index contributed by atoms with van der Waals surface area (Å²) in [6.45, 7) is 4.21. The van der Waals surface area contributed by atoms with E-state index in [1.54, 1.807) is 12.1 Å². The Morgan fingerprint density at radius 1 is 1.05 bits per heavy atom. The molecule has 2 atom stereocenters. The van der Waals surface area contributed by atoms with Crippen molar-refractivity contribution in [2.75, 3.05) is 0 Å². The molecule has 0 aliphatic carbocycles. The molecular weight excluding hydrogens is 263 g/mol. The number of ketones is 1. The molecule has 0 spiro atoms. The van der Waals surface area contributed by atoms with Crippen LogP contribution in [0.15, 0.2) is 54.6 Å². The summed E-state index contributed by atoms with van der Waals surface area (Å²) in [5.74, 6) is 0.122. The smallest absolute Gasteiger partial charge is 0.144 e. The van der Waals surface area contributed by atoms with Gasteiger partial charge in [-0.25, -0.2) is 4.39 Å². The molecule has 2 rings (SSSR count). The summed E-state index contributed by atoms with van der Waals surface area (Å²) < 4.78 is 12.9. The van der Waals surface area contributed by atoms with E-state index in [0.717, 1.165) is 17.5 Å². The normalized spacial score (nSPS) is 13.7. The summed E-state index contributed by atoms with van der Waals surface area (Å²) in [5.41, 5.74) is 1.93. The standard InChI is InChI=1S/C19H21FO/c1-3-14(2)19(16-7-5-4-6-8-16)18(21)13-15-9-11-17(20)12-10-15/h4-12,14,19H,3,13H2,1-2H3. The van der Waals surface area contributed by atoms with Gasteiger partial charge in [0.2, 0.25) is 0 Å². The van der Waals surface area contributed by atoms with E-state index in [1.165, 1.54) is 12.1 Å². The van der Waals surface area contributed by atoms with Crippen LogP contribution in [-0.2, 0) is 11.2 Å².